The van der Waals surface area contributed by atoms with Gasteiger partial charge in [0.25, 0.3) is 0 Å². The number of nitrogens with zero attached hydrogens (tertiary/aromatic N) is 1. The van der Waals surface area contributed by atoms with Crippen LogP contribution in [0.25, 0.3) is 0 Å². The summed E-state index contributed by atoms with van der Waals surface area (Å²) >= 11 is 0. The van der Waals surface area contributed by atoms with Gasteiger partial charge in [-0.15, -0.1) is 0 Å². The van der Waals surface area contributed by atoms with Gasteiger partial charge in [0.15, 0.2) is 6.61 Å². The molecule has 1 fully saturated rings. The molecule has 1 N–H and O–H groups in total. The van der Waals surface area contributed by atoms with E-state index in [1.165, 1.54) is 6.42 Å². The van der Waals surface area contributed by atoms with Gasteiger partial charge in [-0.2, -0.15) is 5.26 Å². The number of hydrogen-bond acceptors (Lipinski definition) is 3. The summed E-state index contributed by atoms with van der Waals surface area (Å²) in [5.41, 5.74) is 0.778. The second-order valence-electron chi connectivity index (χ2n) is 4.80. The van der Waals surface area contributed by atoms with Gasteiger partial charge in [0.2, 0.25) is 5.91 Å². The maximum atomic E-state index is 12.0. The molecular weight excluding hydrogens is 240 g/mol. The van der Waals surface area contributed by atoms with Crippen LogP contribution in [0.1, 0.15) is 32.1 Å². The third-order valence-electron chi connectivity index (χ3n) is 3.40. The Kier molecular flexibility index (Phi) is 4.79. The van der Waals surface area contributed by atoms with Crippen molar-refractivity contribution in [2.45, 2.75) is 32.1 Å². The summed E-state index contributed by atoms with van der Waals surface area (Å²) in [6, 6.07) is 9.03. The Morgan fingerprint density at radius 2 is 1.95 bits per heavy atom. The lowest BCUT2D eigenvalue weighted by molar-refractivity contribution is -0.120. The number of nitriles is 1. The number of ether oxygens (including phenoxy) is 1. The molecule has 0 bridgehead atoms. The number of carbonyl (C=O) groups is 1. The summed E-state index contributed by atoms with van der Waals surface area (Å²) in [5, 5.41) is 11.3. The molecule has 0 spiro atoms. The number of amides is 1. The lowest BCUT2D eigenvalue weighted by Crippen LogP contribution is -2.24. The van der Waals surface area contributed by atoms with Crippen LogP contribution in [0.2, 0.25) is 0 Å². The van der Waals surface area contributed by atoms with Gasteiger partial charge in [-0.25, -0.2) is 0 Å². The van der Waals surface area contributed by atoms with Crippen molar-refractivity contribution in [2.75, 3.05) is 11.9 Å². The van der Waals surface area contributed by atoms with Gasteiger partial charge < -0.3 is 10.1 Å². The first-order valence-corrected chi connectivity index (χ1v) is 6.70. The summed E-state index contributed by atoms with van der Waals surface area (Å²) in [7, 11) is 0. The van der Waals surface area contributed by atoms with Crippen molar-refractivity contribution in [1.82, 2.24) is 0 Å². The average molecular weight is 258 g/mol. The minimum atomic E-state index is 0.0355. The molecule has 1 aromatic carbocycles. The van der Waals surface area contributed by atoms with Gasteiger partial charge in [-0.1, -0.05) is 19.3 Å². The Balaban J connectivity index is 1.88. The van der Waals surface area contributed by atoms with E-state index in [0.717, 1.165) is 31.4 Å². The SMILES string of the molecule is N#CCOc1ccc(NC(=O)C2CCCCC2)cc1. The number of rotatable bonds is 4. The molecule has 2 rings (SSSR count). The molecule has 1 aromatic rings. The molecule has 0 aliphatic heterocycles. The lowest BCUT2D eigenvalue weighted by Gasteiger charge is -2.20. The molecule has 0 atom stereocenters. The zero-order chi connectivity index (χ0) is 13.5. The van der Waals surface area contributed by atoms with Crippen LogP contribution < -0.4 is 10.1 Å². The number of nitrogens with one attached hydrogen (secondary N) is 1. The molecule has 1 aliphatic carbocycles. The van der Waals surface area contributed by atoms with E-state index in [-0.39, 0.29) is 18.4 Å². The van der Waals surface area contributed by atoms with Gasteiger partial charge in [-0.05, 0) is 37.1 Å². The molecule has 1 saturated carbocycles. The summed E-state index contributed by atoms with van der Waals surface area (Å²) in [6.07, 6.45) is 5.54. The standard InChI is InChI=1S/C15H18N2O2/c16-10-11-19-14-8-6-13(7-9-14)17-15(18)12-4-2-1-3-5-12/h6-9,12H,1-5,11H2,(H,17,18). The Hall–Kier alpha value is -2.02. The molecule has 0 aromatic heterocycles. The van der Waals surface area contributed by atoms with E-state index in [2.05, 4.69) is 5.32 Å². The highest BCUT2D eigenvalue weighted by molar-refractivity contribution is 5.92. The van der Waals surface area contributed by atoms with E-state index < -0.39 is 0 Å². The Morgan fingerprint density at radius 1 is 1.26 bits per heavy atom. The molecule has 19 heavy (non-hydrogen) atoms. The minimum Gasteiger partial charge on any atom is -0.479 e. The topological polar surface area (TPSA) is 62.1 Å². The summed E-state index contributed by atoms with van der Waals surface area (Å²) in [4.78, 5) is 12.0. The average Bonchev–Trinajstić information content (AvgIpc) is 2.47. The lowest BCUT2D eigenvalue weighted by atomic mass is 9.88. The molecule has 4 nitrogen and oxygen atoms in total. The second kappa shape index (κ2) is 6.79. The van der Waals surface area contributed by atoms with Crippen LogP contribution in [0.4, 0.5) is 5.69 Å². The van der Waals surface area contributed by atoms with Crippen molar-refractivity contribution >= 4 is 11.6 Å². The number of benzene rings is 1. The van der Waals surface area contributed by atoms with Crippen molar-refractivity contribution in [1.29, 1.82) is 5.26 Å². The second-order valence-corrected chi connectivity index (χ2v) is 4.80. The first-order valence-electron chi connectivity index (χ1n) is 6.70. The largest absolute Gasteiger partial charge is 0.479 e. The molecule has 4 heteroatoms. The predicted octanol–water partition coefficient (Wildman–Crippen LogP) is 3.11. The molecule has 1 amide bonds. The maximum absolute atomic E-state index is 12.0. The Labute approximate surface area is 113 Å². The molecular formula is C15H18N2O2. The monoisotopic (exact) mass is 258 g/mol. The highest BCUT2D eigenvalue weighted by atomic mass is 16.5. The zero-order valence-electron chi connectivity index (χ0n) is 10.9. The summed E-state index contributed by atoms with van der Waals surface area (Å²) in [5.74, 6) is 0.908. The predicted molar refractivity (Wildman–Crippen MR) is 72.8 cm³/mol. The third-order valence-corrected chi connectivity index (χ3v) is 3.40. The molecule has 0 saturated heterocycles. The molecule has 0 radical (unpaired) electrons. The normalized spacial score (nSPS) is 15.5. The minimum absolute atomic E-state index is 0.0355. The van der Waals surface area contributed by atoms with Crippen molar-refractivity contribution in [3.8, 4) is 11.8 Å². The summed E-state index contributed by atoms with van der Waals surface area (Å²) in [6.45, 7) is 0.0355. The van der Waals surface area contributed by atoms with Gasteiger partial charge in [-0.3, -0.25) is 4.79 Å². The van der Waals surface area contributed by atoms with Crippen LogP contribution in [0.5, 0.6) is 5.75 Å². The van der Waals surface area contributed by atoms with Crippen LogP contribution in [0.15, 0.2) is 24.3 Å². The van der Waals surface area contributed by atoms with Gasteiger partial charge >= 0.3 is 0 Å². The zero-order valence-corrected chi connectivity index (χ0v) is 10.9. The third kappa shape index (κ3) is 3.99. The Morgan fingerprint density at radius 3 is 2.58 bits per heavy atom. The fourth-order valence-corrected chi connectivity index (χ4v) is 2.36. The molecule has 0 heterocycles. The van der Waals surface area contributed by atoms with E-state index >= 15 is 0 Å². The van der Waals surface area contributed by atoms with Crippen LogP contribution >= 0.6 is 0 Å². The highest BCUT2D eigenvalue weighted by Gasteiger charge is 2.20. The first kappa shape index (κ1) is 13.4. The van der Waals surface area contributed by atoms with Gasteiger partial charge in [0.05, 0.1) is 0 Å². The number of carbonyl (C=O) groups excluding carboxylic acids is 1. The van der Waals surface area contributed by atoms with Gasteiger partial charge in [0, 0.05) is 11.6 Å². The van der Waals surface area contributed by atoms with Crippen LogP contribution in [-0.2, 0) is 4.79 Å². The molecule has 100 valence electrons. The van der Waals surface area contributed by atoms with Crippen LogP contribution in [-0.4, -0.2) is 12.5 Å². The fraction of sp³-hybridized carbons (Fsp3) is 0.467. The van der Waals surface area contributed by atoms with Crippen molar-refractivity contribution in [3.63, 3.8) is 0 Å². The Bertz CT molecular complexity index is 456. The quantitative estimate of drug-likeness (QED) is 0.902. The van der Waals surface area contributed by atoms with E-state index in [1.807, 2.05) is 6.07 Å². The van der Waals surface area contributed by atoms with Crippen molar-refractivity contribution in [3.05, 3.63) is 24.3 Å². The van der Waals surface area contributed by atoms with Gasteiger partial charge in [0.1, 0.15) is 11.8 Å². The van der Waals surface area contributed by atoms with E-state index in [4.69, 9.17) is 10.00 Å². The molecule has 1 aliphatic rings. The number of anilines is 1. The van der Waals surface area contributed by atoms with Crippen molar-refractivity contribution in [2.24, 2.45) is 5.92 Å². The summed E-state index contributed by atoms with van der Waals surface area (Å²) < 4.78 is 5.16. The van der Waals surface area contributed by atoms with Crippen LogP contribution in [0.3, 0.4) is 0 Å². The van der Waals surface area contributed by atoms with E-state index in [0.29, 0.717) is 5.75 Å². The number of hydrogen-bond donors (Lipinski definition) is 1. The van der Waals surface area contributed by atoms with Crippen molar-refractivity contribution < 1.29 is 9.53 Å². The maximum Gasteiger partial charge on any atom is 0.227 e. The first-order chi connectivity index (χ1) is 9.29. The smallest absolute Gasteiger partial charge is 0.227 e. The van der Waals surface area contributed by atoms with E-state index in [9.17, 15) is 4.79 Å². The van der Waals surface area contributed by atoms with E-state index in [1.54, 1.807) is 24.3 Å². The highest BCUT2D eigenvalue weighted by Crippen LogP contribution is 2.25. The van der Waals surface area contributed by atoms with Crippen LogP contribution in [0, 0.1) is 17.2 Å². The molecule has 0 unspecified atom stereocenters. The fourth-order valence-electron chi connectivity index (χ4n) is 2.36.